The van der Waals surface area contributed by atoms with Crippen molar-refractivity contribution < 1.29 is 4.74 Å². The molecule has 2 atom stereocenters. The van der Waals surface area contributed by atoms with Crippen LogP contribution in [-0.2, 0) is 4.74 Å². The molecule has 0 amide bonds. The van der Waals surface area contributed by atoms with Gasteiger partial charge in [0.1, 0.15) is 0 Å². The molecule has 98 valence electrons. The lowest BCUT2D eigenvalue weighted by Gasteiger charge is -2.32. The van der Waals surface area contributed by atoms with Crippen LogP contribution in [0.15, 0.2) is 12.2 Å². The molecule has 2 unspecified atom stereocenters. The fourth-order valence-electron chi connectivity index (χ4n) is 2.68. The SMILES string of the molecule is CCN1CCOC(CNCC2CC=CCC2)C1. The second kappa shape index (κ2) is 7.14. The van der Waals surface area contributed by atoms with Gasteiger partial charge in [-0.05, 0) is 38.3 Å². The minimum Gasteiger partial charge on any atom is -0.374 e. The molecule has 0 aromatic carbocycles. The fraction of sp³-hybridized carbons (Fsp3) is 0.857. The van der Waals surface area contributed by atoms with Gasteiger partial charge in [-0.15, -0.1) is 0 Å². The number of nitrogens with one attached hydrogen (secondary N) is 1. The zero-order valence-electron chi connectivity index (χ0n) is 11.0. The highest BCUT2D eigenvalue weighted by Crippen LogP contribution is 2.16. The first-order valence-electron chi connectivity index (χ1n) is 7.08. The van der Waals surface area contributed by atoms with Crippen LogP contribution >= 0.6 is 0 Å². The number of hydrogen-bond acceptors (Lipinski definition) is 3. The fourth-order valence-corrected chi connectivity index (χ4v) is 2.68. The lowest BCUT2D eigenvalue weighted by atomic mass is 9.94. The van der Waals surface area contributed by atoms with E-state index in [0.29, 0.717) is 6.10 Å². The Balaban J connectivity index is 1.59. The summed E-state index contributed by atoms with van der Waals surface area (Å²) >= 11 is 0. The van der Waals surface area contributed by atoms with E-state index in [4.69, 9.17) is 4.74 Å². The van der Waals surface area contributed by atoms with Crippen LogP contribution in [0.4, 0.5) is 0 Å². The number of morpholine rings is 1. The molecular weight excluding hydrogens is 212 g/mol. The quantitative estimate of drug-likeness (QED) is 0.737. The number of likely N-dealkylation sites (N-methyl/N-ethyl adjacent to an activating group) is 1. The minimum atomic E-state index is 0.392. The smallest absolute Gasteiger partial charge is 0.0826 e. The number of allylic oxidation sites excluding steroid dienone is 2. The van der Waals surface area contributed by atoms with E-state index in [1.165, 1.54) is 19.3 Å². The van der Waals surface area contributed by atoms with E-state index in [1.807, 2.05) is 0 Å². The van der Waals surface area contributed by atoms with E-state index in [9.17, 15) is 0 Å². The third-order valence-corrected chi connectivity index (χ3v) is 3.85. The monoisotopic (exact) mass is 238 g/mol. The summed E-state index contributed by atoms with van der Waals surface area (Å²) in [6, 6.07) is 0. The van der Waals surface area contributed by atoms with E-state index >= 15 is 0 Å². The van der Waals surface area contributed by atoms with Crippen LogP contribution in [0.5, 0.6) is 0 Å². The molecule has 1 fully saturated rings. The molecule has 0 aromatic rings. The zero-order chi connectivity index (χ0) is 11.9. The first-order chi connectivity index (χ1) is 8.38. The Labute approximate surface area is 105 Å². The average Bonchev–Trinajstić information content (AvgIpc) is 2.40. The van der Waals surface area contributed by atoms with Crippen LogP contribution < -0.4 is 5.32 Å². The Hall–Kier alpha value is -0.380. The molecule has 1 heterocycles. The van der Waals surface area contributed by atoms with Gasteiger partial charge in [0.05, 0.1) is 12.7 Å². The molecule has 1 aliphatic heterocycles. The summed E-state index contributed by atoms with van der Waals surface area (Å²) < 4.78 is 5.78. The zero-order valence-corrected chi connectivity index (χ0v) is 11.0. The predicted molar refractivity (Wildman–Crippen MR) is 71.2 cm³/mol. The van der Waals surface area contributed by atoms with Gasteiger partial charge in [-0.1, -0.05) is 19.1 Å². The van der Waals surface area contributed by atoms with E-state index in [2.05, 4.69) is 29.3 Å². The summed E-state index contributed by atoms with van der Waals surface area (Å²) in [6.07, 6.45) is 8.87. The highest BCUT2D eigenvalue weighted by atomic mass is 16.5. The molecule has 2 rings (SSSR count). The van der Waals surface area contributed by atoms with Gasteiger partial charge in [0.25, 0.3) is 0 Å². The molecule has 3 nitrogen and oxygen atoms in total. The van der Waals surface area contributed by atoms with Crippen molar-refractivity contribution in [2.45, 2.75) is 32.3 Å². The Morgan fingerprint density at radius 1 is 1.35 bits per heavy atom. The Bertz CT molecular complexity index is 242. The molecule has 0 saturated carbocycles. The van der Waals surface area contributed by atoms with E-state index < -0.39 is 0 Å². The maximum Gasteiger partial charge on any atom is 0.0826 e. The Kier molecular flexibility index (Phi) is 5.49. The molecule has 0 aromatic heterocycles. The molecule has 2 aliphatic rings. The lowest BCUT2D eigenvalue weighted by molar-refractivity contribution is -0.0255. The Morgan fingerprint density at radius 2 is 2.29 bits per heavy atom. The van der Waals surface area contributed by atoms with Gasteiger partial charge in [0.15, 0.2) is 0 Å². The molecule has 1 saturated heterocycles. The third-order valence-electron chi connectivity index (χ3n) is 3.85. The van der Waals surface area contributed by atoms with Crippen molar-refractivity contribution in [1.82, 2.24) is 10.2 Å². The van der Waals surface area contributed by atoms with Gasteiger partial charge in [0.2, 0.25) is 0 Å². The minimum absolute atomic E-state index is 0.392. The van der Waals surface area contributed by atoms with Gasteiger partial charge in [-0.2, -0.15) is 0 Å². The summed E-state index contributed by atoms with van der Waals surface area (Å²) in [5.74, 6) is 0.839. The van der Waals surface area contributed by atoms with Gasteiger partial charge < -0.3 is 10.1 Å². The maximum absolute atomic E-state index is 5.78. The van der Waals surface area contributed by atoms with Crippen molar-refractivity contribution in [1.29, 1.82) is 0 Å². The third kappa shape index (κ3) is 4.41. The van der Waals surface area contributed by atoms with E-state index in [1.54, 1.807) is 0 Å². The lowest BCUT2D eigenvalue weighted by Crippen LogP contribution is -2.47. The molecular formula is C14H26N2O. The standard InChI is InChI=1S/C14H26N2O/c1-2-16-8-9-17-14(12-16)11-15-10-13-6-4-3-5-7-13/h3-4,13-15H,2,5-12H2,1H3. The topological polar surface area (TPSA) is 24.5 Å². The van der Waals surface area contributed by atoms with Gasteiger partial charge >= 0.3 is 0 Å². The molecule has 0 spiro atoms. The van der Waals surface area contributed by atoms with Crippen molar-refractivity contribution in [3.63, 3.8) is 0 Å². The second-order valence-electron chi connectivity index (χ2n) is 5.19. The van der Waals surface area contributed by atoms with Crippen LogP contribution in [0.25, 0.3) is 0 Å². The molecule has 1 aliphatic carbocycles. The highest BCUT2D eigenvalue weighted by Gasteiger charge is 2.19. The number of rotatable bonds is 5. The van der Waals surface area contributed by atoms with Crippen LogP contribution in [0.1, 0.15) is 26.2 Å². The van der Waals surface area contributed by atoms with Crippen molar-refractivity contribution in [2.24, 2.45) is 5.92 Å². The molecule has 1 N–H and O–H groups in total. The van der Waals surface area contributed by atoms with E-state index in [0.717, 1.165) is 45.2 Å². The van der Waals surface area contributed by atoms with E-state index in [-0.39, 0.29) is 0 Å². The molecule has 17 heavy (non-hydrogen) atoms. The molecule has 0 radical (unpaired) electrons. The highest BCUT2D eigenvalue weighted by molar-refractivity contribution is 4.90. The predicted octanol–water partition coefficient (Wildman–Crippen LogP) is 1.65. The number of nitrogens with zero attached hydrogens (tertiary/aromatic N) is 1. The van der Waals surface area contributed by atoms with Crippen molar-refractivity contribution in [2.75, 3.05) is 39.3 Å². The average molecular weight is 238 g/mol. The van der Waals surface area contributed by atoms with Crippen molar-refractivity contribution >= 4 is 0 Å². The van der Waals surface area contributed by atoms with Crippen LogP contribution in [0.2, 0.25) is 0 Å². The number of hydrogen-bond donors (Lipinski definition) is 1. The van der Waals surface area contributed by atoms with Crippen LogP contribution in [0, 0.1) is 5.92 Å². The first-order valence-corrected chi connectivity index (χ1v) is 7.08. The van der Waals surface area contributed by atoms with Crippen molar-refractivity contribution in [3.05, 3.63) is 12.2 Å². The normalized spacial score (nSPS) is 30.6. The van der Waals surface area contributed by atoms with Crippen LogP contribution in [-0.4, -0.2) is 50.3 Å². The summed E-state index contributed by atoms with van der Waals surface area (Å²) in [5.41, 5.74) is 0. The second-order valence-corrected chi connectivity index (χ2v) is 5.19. The largest absolute Gasteiger partial charge is 0.374 e. The molecule has 0 bridgehead atoms. The summed E-state index contributed by atoms with van der Waals surface area (Å²) in [6.45, 7) is 8.62. The van der Waals surface area contributed by atoms with Crippen molar-refractivity contribution in [3.8, 4) is 0 Å². The molecule has 3 heteroatoms. The van der Waals surface area contributed by atoms with Gasteiger partial charge in [0, 0.05) is 19.6 Å². The number of ether oxygens (including phenoxy) is 1. The van der Waals surface area contributed by atoms with Gasteiger partial charge in [-0.3, -0.25) is 4.90 Å². The Morgan fingerprint density at radius 3 is 3.06 bits per heavy atom. The summed E-state index contributed by atoms with van der Waals surface area (Å²) in [4.78, 5) is 2.47. The van der Waals surface area contributed by atoms with Gasteiger partial charge in [-0.25, -0.2) is 0 Å². The summed E-state index contributed by atoms with van der Waals surface area (Å²) in [7, 11) is 0. The van der Waals surface area contributed by atoms with Crippen LogP contribution in [0.3, 0.4) is 0 Å². The maximum atomic E-state index is 5.78. The first kappa shape index (κ1) is 13.1. The summed E-state index contributed by atoms with van der Waals surface area (Å²) in [5, 5.41) is 3.58.